The van der Waals surface area contributed by atoms with E-state index in [9.17, 15) is 5.11 Å². The number of fused-ring (bicyclic) bond motifs is 5. The summed E-state index contributed by atoms with van der Waals surface area (Å²) in [4.78, 5) is 9.32. The van der Waals surface area contributed by atoms with Gasteiger partial charge in [0.2, 0.25) is 11.8 Å². The lowest BCUT2D eigenvalue weighted by atomic mass is 10.1. The molecule has 4 aromatic carbocycles. The Balaban J connectivity index is 1.43. The van der Waals surface area contributed by atoms with Crippen LogP contribution in [-0.4, -0.2) is 15.1 Å². The van der Waals surface area contributed by atoms with Gasteiger partial charge in [0.25, 0.3) is 0 Å². The second kappa shape index (κ2) is 6.92. The second-order valence-corrected chi connectivity index (χ2v) is 9.68. The first-order valence-corrected chi connectivity index (χ1v) is 11.8. The minimum Gasteiger partial charge on any atom is -0.507 e. The van der Waals surface area contributed by atoms with Gasteiger partial charge in [-0.25, -0.2) is 9.97 Å². The standard InChI is InChI=1S/C28H18N2O3S/c1-14-6-8-20-23(10-14)32-27(29-20)17-5-3-4-16-18-12-22(31)19(13-25(18)34-26(16)17)28-30-21-9-7-15(2)11-24(21)33-28/h3-13,31H,1-2H3. The van der Waals surface area contributed by atoms with Crippen molar-refractivity contribution >= 4 is 53.7 Å². The van der Waals surface area contributed by atoms with Crippen molar-refractivity contribution in [3.8, 4) is 28.7 Å². The molecule has 3 aromatic heterocycles. The van der Waals surface area contributed by atoms with E-state index in [-0.39, 0.29) is 5.75 Å². The van der Waals surface area contributed by atoms with Gasteiger partial charge < -0.3 is 13.9 Å². The molecular weight excluding hydrogens is 444 g/mol. The van der Waals surface area contributed by atoms with Gasteiger partial charge in [0.1, 0.15) is 16.8 Å². The van der Waals surface area contributed by atoms with Crippen molar-refractivity contribution in [1.29, 1.82) is 0 Å². The molecule has 1 N–H and O–H groups in total. The van der Waals surface area contributed by atoms with Crippen LogP contribution in [0.4, 0.5) is 0 Å². The van der Waals surface area contributed by atoms with Crippen molar-refractivity contribution in [3.05, 3.63) is 77.9 Å². The van der Waals surface area contributed by atoms with Gasteiger partial charge in [-0.3, -0.25) is 0 Å². The summed E-state index contributed by atoms with van der Waals surface area (Å²) in [6.07, 6.45) is 0. The molecule has 0 saturated carbocycles. The Morgan fingerprint density at radius 3 is 2.03 bits per heavy atom. The lowest BCUT2D eigenvalue weighted by molar-refractivity contribution is 0.475. The smallest absolute Gasteiger partial charge is 0.231 e. The van der Waals surface area contributed by atoms with E-state index in [0.29, 0.717) is 22.9 Å². The summed E-state index contributed by atoms with van der Waals surface area (Å²) in [5.41, 5.74) is 6.83. The number of benzene rings is 4. The van der Waals surface area contributed by atoms with Crippen molar-refractivity contribution in [3.63, 3.8) is 0 Å². The Morgan fingerprint density at radius 2 is 1.35 bits per heavy atom. The molecule has 0 aliphatic carbocycles. The van der Waals surface area contributed by atoms with E-state index in [2.05, 4.69) is 11.1 Å². The Labute approximate surface area is 197 Å². The molecule has 0 bridgehead atoms. The average molecular weight is 463 g/mol. The lowest BCUT2D eigenvalue weighted by Gasteiger charge is -2.01. The maximum atomic E-state index is 10.9. The minimum absolute atomic E-state index is 0.137. The van der Waals surface area contributed by atoms with E-state index in [0.717, 1.165) is 53.5 Å². The summed E-state index contributed by atoms with van der Waals surface area (Å²) in [7, 11) is 0. The Bertz CT molecular complexity index is 1910. The third kappa shape index (κ3) is 2.85. The SMILES string of the molecule is Cc1ccc2nc(-c3cc4sc5c(-c6nc7ccc(C)cc7o6)cccc5c4cc3O)oc2c1. The van der Waals surface area contributed by atoms with Gasteiger partial charge in [0.15, 0.2) is 11.2 Å². The molecular formula is C28H18N2O3S. The fraction of sp³-hybridized carbons (Fsp3) is 0.0714. The van der Waals surface area contributed by atoms with Gasteiger partial charge >= 0.3 is 0 Å². The molecule has 3 heterocycles. The Morgan fingerprint density at radius 1 is 0.706 bits per heavy atom. The molecule has 0 unspecified atom stereocenters. The maximum Gasteiger partial charge on any atom is 0.231 e. The highest BCUT2D eigenvalue weighted by atomic mass is 32.1. The van der Waals surface area contributed by atoms with Crippen LogP contribution in [0.5, 0.6) is 5.75 Å². The average Bonchev–Trinajstić information content (AvgIpc) is 3.52. The quantitative estimate of drug-likeness (QED) is 0.282. The number of aromatic hydroxyl groups is 1. The number of hydrogen-bond acceptors (Lipinski definition) is 6. The summed E-state index contributed by atoms with van der Waals surface area (Å²) in [5, 5.41) is 12.9. The Kier molecular flexibility index (Phi) is 3.93. The molecule has 6 heteroatoms. The fourth-order valence-corrected chi connectivity index (χ4v) is 5.69. The van der Waals surface area contributed by atoms with Crippen molar-refractivity contribution in [2.45, 2.75) is 13.8 Å². The highest BCUT2D eigenvalue weighted by molar-refractivity contribution is 7.26. The number of aryl methyl sites for hydroxylation is 2. The second-order valence-electron chi connectivity index (χ2n) is 8.63. The van der Waals surface area contributed by atoms with Crippen LogP contribution in [0.3, 0.4) is 0 Å². The number of rotatable bonds is 2. The van der Waals surface area contributed by atoms with Crippen molar-refractivity contribution in [1.82, 2.24) is 9.97 Å². The van der Waals surface area contributed by atoms with E-state index in [1.807, 2.05) is 68.4 Å². The molecule has 7 rings (SSSR count). The molecule has 0 radical (unpaired) electrons. The van der Waals surface area contributed by atoms with Crippen molar-refractivity contribution in [2.24, 2.45) is 0 Å². The molecule has 0 spiro atoms. The van der Waals surface area contributed by atoms with Crippen LogP contribution >= 0.6 is 11.3 Å². The van der Waals surface area contributed by atoms with Crippen molar-refractivity contribution < 1.29 is 13.9 Å². The molecule has 164 valence electrons. The first-order chi connectivity index (χ1) is 16.5. The van der Waals surface area contributed by atoms with Gasteiger partial charge in [0, 0.05) is 20.2 Å². The zero-order valence-corrected chi connectivity index (χ0v) is 19.2. The number of hydrogen-bond donors (Lipinski definition) is 1. The largest absolute Gasteiger partial charge is 0.507 e. The van der Waals surface area contributed by atoms with Crippen LogP contribution in [0, 0.1) is 13.8 Å². The third-order valence-electron chi connectivity index (χ3n) is 6.16. The van der Waals surface area contributed by atoms with Crippen LogP contribution in [-0.2, 0) is 0 Å². The predicted molar refractivity (Wildman–Crippen MR) is 136 cm³/mol. The number of nitrogens with zero attached hydrogens (tertiary/aromatic N) is 2. The molecule has 0 aliphatic rings. The molecule has 0 aliphatic heterocycles. The van der Waals surface area contributed by atoms with Crippen LogP contribution in [0.25, 0.3) is 65.3 Å². The van der Waals surface area contributed by atoms with Gasteiger partial charge in [-0.15, -0.1) is 11.3 Å². The Hall–Kier alpha value is -4.16. The molecule has 0 atom stereocenters. The van der Waals surface area contributed by atoms with Crippen molar-refractivity contribution in [2.75, 3.05) is 0 Å². The number of phenolic OH excluding ortho intramolecular Hbond substituents is 1. The third-order valence-corrected chi connectivity index (χ3v) is 7.37. The zero-order valence-electron chi connectivity index (χ0n) is 18.4. The van der Waals surface area contributed by atoms with Crippen LogP contribution in [0.15, 0.2) is 75.6 Å². The summed E-state index contributed by atoms with van der Waals surface area (Å²) < 4.78 is 14.2. The fourth-order valence-electron chi connectivity index (χ4n) is 4.47. The summed E-state index contributed by atoms with van der Waals surface area (Å²) in [6, 6.07) is 21.7. The number of oxazole rings is 2. The summed E-state index contributed by atoms with van der Waals surface area (Å²) in [6.45, 7) is 4.05. The van der Waals surface area contributed by atoms with E-state index >= 15 is 0 Å². The minimum atomic E-state index is 0.137. The molecule has 0 fully saturated rings. The monoisotopic (exact) mass is 462 g/mol. The first kappa shape index (κ1) is 19.3. The summed E-state index contributed by atoms with van der Waals surface area (Å²) in [5.74, 6) is 1.14. The maximum absolute atomic E-state index is 10.9. The van der Waals surface area contributed by atoms with E-state index in [1.54, 1.807) is 17.4 Å². The van der Waals surface area contributed by atoms with Gasteiger partial charge in [-0.05, 0) is 67.4 Å². The normalized spacial score (nSPS) is 11.9. The zero-order chi connectivity index (χ0) is 23.0. The molecule has 5 nitrogen and oxygen atoms in total. The van der Waals surface area contributed by atoms with E-state index in [4.69, 9.17) is 13.8 Å². The number of thiophene rings is 1. The topological polar surface area (TPSA) is 72.3 Å². The summed E-state index contributed by atoms with van der Waals surface area (Å²) >= 11 is 1.64. The van der Waals surface area contributed by atoms with E-state index in [1.165, 1.54) is 0 Å². The van der Waals surface area contributed by atoms with Crippen LogP contribution < -0.4 is 0 Å². The van der Waals surface area contributed by atoms with Crippen LogP contribution in [0.2, 0.25) is 0 Å². The first-order valence-electron chi connectivity index (χ1n) is 11.0. The molecule has 0 amide bonds. The highest BCUT2D eigenvalue weighted by Gasteiger charge is 2.19. The van der Waals surface area contributed by atoms with Gasteiger partial charge in [0.05, 0.1) is 11.1 Å². The van der Waals surface area contributed by atoms with Crippen LogP contribution in [0.1, 0.15) is 11.1 Å². The van der Waals surface area contributed by atoms with E-state index < -0.39 is 0 Å². The molecule has 34 heavy (non-hydrogen) atoms. The van der Waals surface area contributed by atoms with Gasteiger partial charge in [-0.2, -0.15) is 0 Å². The highest BCUT2D eigenvalue weighted by Crippen LogP contribution is 2.44. The number of phenols is 1. The van der Waals surface area contributed by atoms with Gasteiger partial charge in [-0.1, -0.05) is 24.3 Å². The molecule has 7 aromatic rings. The lowest BCUT2D eigenvalue weighted by Crippen LogP contribution is -1.79. The number of aromatic nitrogens is 2. The predicted octanol–water partition coefficient (Wildman–Crippen LogP) is 7.99. The molecule has 0 saturated heterocycles.